The van der Waals surface area contributed by atoms with E-state index in [9.17, 15) is 0 Å². The van der Waals surface area contributed by atoms with Gasteiger partial charge in [0.25, 0.3) is 0 Å². The molecule has 0 unspecified atom stereocenters. The second-order valence-corrected chi connectivity index (χ2v) is 10.5. The minimum atomic E-state index is -0.826. The maximum absolute atomic E-state index is 4.93. The summed E-state index contributed by atoms with van der Waals surface area (Å²) in [6.45, 7) is 4.26. The van der Waals surface area contributed by atoms with Gasteiger partial charge in [-0.3, -0.25) is 6.08 Å². The van der Waals surface area contributed by atoms with Crippen LogP contribution in [0.4, 0.5) is 0 Å². The van der Waals surface area contributed by atoms with E-state index in [1.54, 1.807) is 0 Å². The predicted octanol–water partition coefficient (Wildman–Crippen LogP) is 6.61. The minimum absolute atomic E-state index is 0.208. The van der Waals surface area contributed by atoms with Gasteiger partial charge in [-0.1, -0.05) is 42.7 Å². The first-order chi connectivity index (χ1) is 13.5. The van der Waals surface area contributed by atoms with Gasteiger partial charge in [0, 0.05) is 0 Å². The van der Waals surface area contributed by atoms with E-state index in [0.29, 0.717) is 0 Å². The number of allylic oxidation sites excluding steroid dienone is 4. The monoisotopic (exact) mass is 485 g/mol. The molecule has 1 aliphatic rings. The SMILES string of the molecule is CC1(C)[C-]=CC=C1.[Cl][Zr+2][Cl].c1ccc2[cH-]c(-n3nnc4ccccc43)cc2c1. The van der Waals surface area contributed by atoms with Crippen LogP contribution in [0.25, 0.3) is 27.5 Å². The molecule has 28 heavy (non-hydrogen) atoms. The smallest absolute Gasteiger partial charge is 0.113 e. The molecule has 0 N–H and O–H groups in total. The number of rotatable bonds is 1. The van der Waals surface area contributed by atoms with Crippen molar-refractivity contribution in [2.24, 2.45) is 5.41 Å². The summed E-state index contributed by atoms with van der Waals surface area (Å²) in [7, 11) is 9.87. The van der Waals surface area contributed by atoms with E-state index >= 15 is 0 Å². The van der Waals surface area contributed by atoms with Crippen molar-refractivity contribution in [1.29, 1.82) is 0 Å². The van der Waals surface area contributed by atoms with Crippen molar-refractivity contribution in [3.63, 3.8) is 0 Å². The second-order valence-electron chi connectivity index (χ2n) is 6.80. The Balaban J connectivity index is 0.000000188. The van der Waals surface area contributed by atoms with Gasteiger partial charge < -0.3 is 0 Å². The largest absolute Gasteiger partial charge is 0.232 e. The average molecular weight is 488 g/mol. The maximum atomic E-state index is 4.93. The van der Waals surface area contributed by atoms with Crippen molar-refractivity contribution in [2.75, 3.05) is 0 Å². The van der Waals surface area contributed by atoms with Crippen molar-refractivity contribution < 1.29 is 20.8 Å². The van der Waals surface area contributed by atoms with E-state index in [1.807, 2.05) is 53.2 Å². The van der Waals surface area contributed by atoms with Crippen molar-refractivity contribution in [2.45, 2.75) is 13.8 Å². The summed E-state index contributed by atoms with van der Waals surface area (Å²) in [5.74, 6) is 0. The van der Waals surface area contributed by atoms with Gasteiger partial charge in [0.2, 0.25) is 0 Å². The molecular formula is C22H19Cl2N3Zr. The average Bonchev–Trinajstić information content (AvgIpc) is 3.39. The Kier molecular flexibility index (Phi) is 7.34. The molecule has 0 radical (unpaired) electrons. The van der Waals surface area contributed by atoms with E-state index in [-0.39, 0.29) is 5.41 Å². The Morgan fingerprint density at radius 3 is 2.43 bits per heavy atom. The van der Waals surface area contributed by atoms with Gasteiger partial charge >= 0.3 is 37.9 Å². The van der Waals surface area contributed by atoms with Crippen LogP contribution in [0.5, 0.6) is 0 Å². The number of hydrogen-bond acceptors (Lipinski definition) is 2. The van der Waals surface area contributed by atoms with Gasteiger partial charge in [0.1, 0.15) is 5.52 Å². The Morgan fingerprint density at radius 1 is 1.07 bits per heavy atom. The van der Waals surface area contributed by atoms with Gasteiger partial charge in [0.05, 0.1) is 5.52 Å². The van der Waals surface area contributed by atoms with E-state index in [2.05, 4.69) is 60.6 Å². The normalized spacial score (nSPS) is 13.6. The molecule has 0 saturated carbocycles. The fourth-order valence-corrected chi connectivity index (χ4v) is 2.92. The molecule has 6 heteroatoms. The second kappa shape index (κ2) is 9.74. The molecule has 1 aromatic heterocycles. The summed E-state index contributed by atoms with van der Waals surface area (Å²) in [6.07, 6.45) is 9.28. The van der Waals surface area contributed by atoms with Crippen molar-refractivity contribution in [1.82, 2.24) is 15.0 Å². The maximum Gasteiger partial charge on any atom is 0.113 e. The molecular weight excluding hydrogens is 468 g/mol. The Hall–Kier alpha value is -1.61. The van der Waals surface area contributed by atoms with Crippen LogP contribution in [0.1, 0.15) is 13.8 Å². The zero-order chi connectivity index (χ0) is 20.0. The first-order valence-corrected chi connectivity index (χ1v) is 15.1. The van der Waals surface area contributed by atoms with Crippen LogP contribution in [0.3, 0.4) is 0 Å². The molecule has 0 spiro atoms. The third kappa shape index (κ3) is 5.26. The zero-order valence-corrected chi connectivity index (χ0v) is 19.6. The molecule has 0 fully saturated rings. The third-order valence-electron chi connectivity index (χ3n) is 4.26. The summed E-state index contributed by atoms with van der Waals surface area (Å²) in [6, 6.07) is 20.6. The van der Waals surface area contributed by atoms with Gasteiger partial charge in [0.15, 0.2) is 0 Å². The topological polar surface area (TPSA) is 30.7 Å². The number of fused-ring (bicyclic) bond motifs is 2. The Morgan fingerprint density at radius 2 is 1.79 bits per heavy atom. The van der Waals surface area contributed by atoms with Crippen molar-refractivity contribution >= 4 is 38.8 Å². The van der Waals surface area contributed by atoms with E-state index < -0.39 is 20.8 Å². The molecule has 3 nitrogen and oxygen atoms in total. The summed E-state index contributed by atoms with van der Waals surface area (Å²) >= 11 is -0.826. The third-order valence-corrected chi connectivity index (χ3v) is 4.26. The molecule has 1 heterocycles. The standard InChI is InChI=1S/C15H10N3.C7H9.2ClH.Zr/c1-2-6-12-10-13(9-11(12)5-1)18-15-8-4-3-7-14(15)16-17-18;1-7(2)5-3-4-6-7;;;/h1-10H;3-5H,1-2H3;2*1H;/q2*-1;;;+4/p-2. The molecule has 0 saturated heterocycles. The summed E-state index contributed by atoms with van der Waals surface area (Å²) < 4.78 is 1.88. The molecule has 0 bridgehead atoms. The van der Waals surface area contributed by atoms with Gasteiger partial charge in [-0.2, -0.15) is 6.08 Å². The fourth-order valence-electron chi connectivity index (χ4n) is 2.92. The van der Waals surface area contributed by atoms with Gasteiger partial charge in [-0.05, 0) is 17.8 Å². The van der Waals surface area contributed by atoms with E-state index in [1.165, 1.54) is 10.8 Å². The molecule has 0 atom stereocenters. The Bertz CT molecular complexity index is 1060. The molecule has 4 aromatic rings. The van der Waals surface area contributed by atoms with Crippen LogP contribution in [0.15, 0.2) is 78.9 Å². The number of hydrogen-bond donors (Lipinski definition) is 0. The minimum Gasteiger partial charge on any atom is -0.232 e. The fraction of sp³-hybridized carbons (Fsp3) is 0.136. The molecule has 3 aromatic carbocycles. The zero-order valence-electron chi connectivity index (χ0n) is 15.6. The number of benzene rings is 2. The summed E-state index contributed by atoms with van der Waals surface area (Å²) in [5.41, 5.74) is 3.22. The van der Waals surface area contributed by atoms with Crippen LogP contribution < -0.4 is 0 Å². The quantitative estimate of drug-likeness (QED) is 0.283. The molecule has 0 aliphatic heterocycles. The predicted molar refractivity (Wildman–Crippen MR) is 114 cm³/mol. The van der Waals surface area contributed by atoms with Gasteiger partial charge in [-0.25, -0.2) is 16.8 Å². The van der Waals surface area contributed by atoms with Crippen LogP contribution in [-0.4, -0.2) is 15.0 Å². The molecule has 5 rings (SSSR count). The van der Waals surface area contributed by atoms with Crippen LogP contribution in [0, 0.1) is 11.5 Å². The van der Waals surface area contributed by atoms with E-state index in [0.717, 1.165) is 16.7 Å². The van der Waals surface area contributed by atoms with E-state index in [4.69, 9.17) is 17.0 Å². The molecule has 140 valence electrons. The number of halogens is 2. The van der Waals surface area contributed by atoms with Crippen LogP contribution in [-0.2, 0) is 20.8 Å². The summed E-state index contributed by atoms with van der Waals surface area (Å²) in [5, 5.41) is 10.9. The Labute approximate surface area is 183 Å². The first kappa shape index (κ1) is 21.1. The number of nitrogens with zero attached hydrogens (tertiary/aromatic N) is 3. The summed E-state index contributed by atoms with van der Waals surface area (Å²) in [4.78, 5) is 0. The first-order valence-electron chi connectivity index (χ1n) is 8.75. The van der Waals surface area contributed by atoms with Crippen molar-refractivity contribution in [3.05, 3.63) is 85.0 Å². The van der Waals surface area contributed by atoms with Crippen LogP contribution in [0.2, 0.25) is 0 Å². The molecule has 0 amide bonds. The number of aromatic nitrogens is 3. The number of para-hydroxylation sites is 1. The van der Waals surface area contributed by atoms with Gasteiger partial charge in [-0.15, -0.1) is 46.2 Å². The van der Waals surface area contributed by atoms with Crippen molar-refractivity contribution in [3.8, 4) is 5.69 Å². The molecule has 1 aliphatic carbocycles. The van der Waals surface area contributed by atoms with Crippen LogP contribution >= 0.6 is 17.0 Å².